The molecule has 3 rings (SSSR count). The number of alkyl halides is 3. The number of hydrogen-bond donors (Lipinski definition) is 2. The SMILES string of the molecule is O=S(=O)(NCC1(C2=CCCCC2)CCN(S(=O)(=O)O)CC1)c1ccccc1OC(F)(F)F. The van der Waals surface area contributed by atoms with Crippen LogP contribution < -0.4 is 9.46 Å². The van der Waals surface area contributed by atoms with Crippen LogP contribution in [0.1, 0.15) is 38.5 Å². The van der Waals surface area contributed by atoms with Gasteiger partial charge in [0.1, 0.15) is 10.6 Å². The van der Waals surface area contributed by atoms with Gasteiger partial charge >= 0.3 is 16.7 Å². The van der Waals surface area contributed by atoms with Gasteiger partial charge in [-0.15, -0.1) is 13.2 Å². The van der Waals surface area contributed by atoms with E-state index in [0.29, 0.717) is 0 Å². The van der Waals surface area contributed by atoms with Crippen LogP contribution in [0, 0.1) is 5.41 Å². The Labute approximate surface area is 185 Å². The predicted molar refractivity (Wildman–Crippen MR) is 110 cm³/mol. The maximum atomic E-state index is 12.9. The normalized spacial score (nSPS) is 20.6. The van der Waals surface area contributed by atoms with Gasteiger partial charge in [0, 0.05) is 25.0 Å². The number of ether oxygens (including phenoxy) is 1. The molecule has 1 aromatic rings. The van der Waals surface area contributed by atoms with Crippen molar-refractivity contribution in [3.8, 4) is 5.75 Å². The van der Waals surface area contributed by atoms with Gasteiger partial charge in [-0.3, -0.25) is 4.55 Å². The fourth-order valence-electron chi connectivity index (χ4n) is 4.27. The number of rotatable bonds is 7. The van der Waals surface area contributed by atoms with Crippen LogP contribution >= 0.6 is 0 Å². The average molecular weight is 499 g/mol. The number of piperidine rings is 1. The van der Waals surface area contributed by atoms with Crippen LogP contribution in [0.2, 0.25) is 0 Å². The van der Waals surface area contributed by atoms with Crippen molar-refractivity contribution < 1.29 is 39.3 Å². The van der Waals surface area contributed by atoms with Gasteiger partial charge in [-0.2, -0.15) is 12.7 Å². The van der Waals surface area contributed by atoms with Crippen molar-refractivity contribution in [1.29, 1.82) is 0 Å². The summed E-state index contributed by atoms with van der Waals surface area (Å²) < 4.78 is 103. The van der Waals surface area contributed by atoms with Gasteiger partial charge in [0.15, 0.2) is 0 Å². The van der Waals surface area contributed by atoms with Crippen molar-refractivity contribution in [3.63, 3.8) is 0 Å². The summed E-state index contributed by atoms with van der Waals surface area (Å²) in [5, 5.41) is 0. The van der Waals surface area contributed by atoms with Gasteiger partial charge in [0.25, 0.3) is 0 Å². The van der Waals surface area contributed by atoms with E-state index in [1.165, 1.54) is 12.1 Å². The quantitative estimate of drug-likeness (QED) is 0.441. The highest BCUT2D eigenvalue weighted by molar-refractivity contribution is 7.89. The number of allylic oxidation sites excluding steroid dienone is 1. The Bertz CT molecular complexity index is 1060. The molecule has 0 unspecified atom stereocenters. The Morgan fingerprint density at radius 3 is 2.31 bits per heavy atom. The maximum absolute atomic E-state index is 12.9. The van der Waals surface area contributed by atoms with E-state index in [0.717, 1.165) is 47.7 Å². The molecule has 32 heavy (non-hydrogen) atoms. The predicted octanol–water partition coefficient (Wildman–Crippen LogP) is 3.25. The van der Waals surface area contributed by atoms with E-state index in [9.17, 15) is 34.6 Å². The number of benzene rings is 1. The van der Waals surface area contributed by atoms with E-state index < -0.39 is 42.7 Å². The van der Waals surface area contributed by atoms with Gasteiger partial charge in [-0.1, -0.05) is 23.8 Å². The smallest absolute Gasteiger partial charge is 0.404 e. The summed E-state index contributed by atoms with van der Waals surface area (Å²) in [4.78, 5) is -0.638. The lowest BCUT2D eigenvalue weighted by Crippen LogP contribution is -2.48. The first kappa shape index (κ1) is 25.0. The number of nitrogens with one attached hydrogen (secondary N) is 1. The largest absolute Gasteiger partial charge is 0.573 e. The molecule has 2 aliphatic rings. The van der Waals surface area contributed by atoms with Crippen LogP contribution in [0.25, 0.3) is 0 Å². The topological polar surface area (TPSA) is 113 Å². The maximum Gasteiger partial charge on any atom is 0.573 e. The Balaban J connectivity index is 1.85. The Morgan fingerprint density at radius 1 is 1.09 bits per heavy atom. The molecule has 1 aliphatic heterocycles. The third kappa shape index (κ3) is 6.01. The second kappa shape index (κ2) is 9.29. The van der Waals surface area contributed by atoms with Crippen molar-refractivity contribution in [3.05, 3.63) is 35.9 Å². The van der Waals surface area contributed by atoms with Gasteiger partial charge in [0.05, 0.1) is 0 Å². The second-order valence-corrected chi connectivity index (χ2v) is 11.1. The van der Waals surface area contributed by atoms with E-state index in [1.54, 1.807) is 0 Å². The van der Waals surface area contributed by atoms with Crippen molar-refractivity contribution in [2.45, 2.75) is 49.8 Å². The molecule has 0 aromatic heterocycles. The summed E-state index contributed by atoms with van der Waals surface area (Å²) in [5.41, 5.74) is 0.301. The summed E-state index contributed by atoms with van der Waals surface area (Å²) >= 11 is 0. The van der Waals surface area contributed by atoms with Crippen LogP contribution in [0.4, 0.5) is 13.2 Å². The van der Waals surface area contributed by atoms with Crippen LogP contribution in [-0.2, 0) is 20.3 Å². The van der Waals surface area contributed by atoms with Crippen LogP contribution in [0.3, 0.4) is 0 Å². The zero-order valence-corrected chi connectivity index (χ0v) is 18.8. The molecule has 0 radical (unpaired) electrons. The molecule has 180 valence electrons. The van der Waals surface area contributed by atoms with Crippen LogP contribution in [-0.4, -0.2) is 51.7 Å². The lowest BCUT2D eigenvalue weighted by atomic mass is 9.69. The summed E-state index contributed by atoms with van der Waals surface area (Å²) in [6, 6.07) is 4.48. The number of nitrogens with zero attached hydrogens (tertiary/aromatic N) is 1. The third-order valence-corrected chi connectivity index (χ3v) is 8.40. The summed E-state index contributed by atoms with van der Waals surface area (Å²) in [7, 11) is -8.73. The third-order valence-electron chi connectivity index (χ3n) is 5.94. The van der Waals surface area contributed by atoms with E-state index in [-0.39, 0.29) is 32.5 Å². The van der Waals surface area contributed by atoms with Gasteiger partial charge in [-0.25, -0.2) is 13.1 Å². The Hall–Kier alpha value is -1.67. The van der Waals surface area contributed by atoms with Gasteiger partial charge in [0.2, 0.25) is 10.0 Å². The Kier molecular flexibility index (Phi) is 7.25. The van der Waals surface area contributed by atoms with E-state index >= 15 is 0 Å². The molecule has 0 saturated carbocycles. The minimum absolute atomic E-state index is 0.00563. The molecular weight excluding hydrogens is 473 g/mol. The standard InChI is InChI=1S/C19H25F3N2O6S2/c20-19(21,22)30-16-8-4-5-9-17(16)31(25,26)23-14-18(15-6-2-1-3-7-15)10-12-24(13-11-18)32(27,28)29/h4-6,8-9,23H,1-3,7,10-14H2,(H,27,28,29). The zero-order chi connectivity index (χ0) is 23.6. The highest BCUT2D eigenvalue weighted by Gasteiger charge is 2.42. The molecule has 0 atom stereocenters. The second-order valence-electron chi connectivity index (χ2n) is 7.95. The first-order valence-corrected chi connectivity index (χ1v) is 13.0. The molecule has 1 heterocycles. The molecule has 2 N–H and O–H groups in total. The summed E-state index contributed by atoms with van der Waals surface area (Å²) in [6.45, 7) is -0.0990. The van der Waals surface area contributed by atoms with Crippen molar-refractivity contribution in [2.24, 2.45) is 5.41 Å². The Morgan fingerprint density at radius 2 is 1.75 bits per heavy atom. The van der Waals surface area contributed by atoms with Crippen LogP contribution in [0.5, 0.6) is 5.75 Å². The molecule has 1 saturated heterocycles. The van der Waals surface area contributed by atoms with Crippen molar-refractivity contribution in [1.82, 2.24) is 9.03 Å². The summed E-state index contributed by atoms with van der Waals surface area (Å²) in [6.07, 6.45) is 0.943. The summed E-state index contributed by atoms with van der Waals surface area (Å²) in [5.74, 6) is -0.834. The van der Waals surface area contributed by atoms with E-state index in [1.807, 2.05) is 6.08 Å². The minimum Gasteiger partial charge on any atom is -0.404 e. The van der Waals surface area contributed by atoms with Crippen molar-refractivity contribution >= 4 is 20.3 Å². The zero-order valence-electron chi connectivity index (χ0n) is 17.1. The van der Waals surface area contributed by atoms with E-state index in [4.69, 9.17) is 0 Å². The molecule has 0 amide bonds. The highest BCUT2D eigenvalue weighted by atomic mass is 32.2. The molecule has 1 aromatic carbocycles. The molecule has 1 aliphatic carbocycles. The lowest BCUT2D eigenvalue weighted by molar-refractivity contribution is -0.275. The monoisotopic (exact) mass is 498 g/mol. The number of sulfonamides is 1. The molecule has 1 fully saturated rings. The number of halogens is 3. The number of para-hydroxylation sites is 1. The van der Waals surface area contributed by atoms with Crippen LogP contribution in [0.15, 0.2) is 40.8 Å². The average Bonchev–Trinajstić information content (AvgIpc) is 2.72. The first-order chi connectivity index (χ1) is 14.8. The lowest BCUT2D eigenvalue weighted by Gasteiger charge is -2.43. The number of hydrogen-bond acceptors (Lipinski definition) is 5. The molecule has 0 spiro atoms. The van der Waals surface area contributed by atoms with Crippen molar-refractivity contribution in [2.75, 3.05) is 19.6 Å². The molecular formula is C19H25F3N2O6S2. The highest BCUT2D eigenvalue weighted by Crippen LogP contribution is 2.43. The van der Waals surface area contributed by atoms with Gasteiger partial charge < -0.3 is 4.74 Å². The first-order valence-electron chi connectivity index (χ1n) is 10.1. The minimum atomic E-state index is -5.05. The fourth-order valence-corrected chi connectivity index (χ4v) is 6.17. The fraction of sp³-hybridized carbons (Fsp3) is 0.579. The molecule has 8 nitrogen and oxygen atoms in total. The van der Waals surface area contributed by atoms with Gasteiger partial charge in [-0.05, 0) is 50.7 Å². The molecule has 0 bridgehead atoms. The molecule has 13 heteroatoms. The van der Waals surface area contributed by atoms with E-state index in [2.05, 4.69) is 9.46 Å².